The van der Waals surface area contributed by atoms with E-state index in [-0.39, 0.29) is 5.82 Å². The first kappa shape index (κ1) is 16.9. The van der Waals surface area contributed by atoms with Gasteiger partial charge in [-0.3, -0.25) is 4.90 Å². The molecule has 0 atom stereocenters. The molecule has 1 heterocycles. The third kappa shape index (κ3) is 5.01. The van der Waals surface area contributed by atoms with Crippen LogP contribution in [0.5, 0.6) is 0 Å². The number of likely N-dealkylation sites (tertiary alicyclic amines) is 1. The Kier molecular flexibility index (Phi) is 5.77. The first-order valence-electron chi connectivity index (χ1n) is 8.34. The molecule has 1 saturated heterocycles. The van der Waals surface area contributed by atoms with Crippen LogP contribution in [-0.2, 0) is 6.54 Å². The summed E-state index contributed by atoms with van der Waals surface area (Å²) >= 11 is 5.27. The van der Waals surface area contributed by atoms with Crippen molar-refractivity contribution >= 4 is 28.7 Å². The van der Waals surface area contributed by atoms with Crippen molar-refractivity contribution in [2.24, 2.45) is 0 Å². The number of hydrogen-bond acceptors (Lipinski definition) is 2. The summed E-state index contributed by atoms with van der Waals surface area (Å²) in [6.07, 6.45) is 3.97. The van der Waals surface area contributed by atoms with Gasteiger partial charge in [0, 0.05) is 17.9 Å². The summed E-state index contributed by atoms with van der Waals surface area (Å²) in [6.45, 7) is 3.40. The minimum absolute atomic E-state index is 0.287. The lowest BCUT2D eigenvalue weighted by atomic mass is 10.1. The first-order valence-corrected chi connectivity index (χ1v) is 8.75. The lowest BCUT2D eigenvalue weighted by Gasteiger charge is -2.26. The van der Waals surface area contributed by atoms with Crippen molar-refractivity contribution < 1.29 is 4.39 Å². The van der Waals surface area contributed by atoms with E-state index >= 15 is 0 Å². The van der Waals surface area contributed by atoms with Gasteiger partial charge in [-0.15, -0.1) is 0 Å². The molecule has 2 N–H and O–H groups in total. The number of nitrogens with one attached hydrogen (secondary N) is 2. The predicted octanol–water partition coefficient (Wildman–Crippen LogP) is 4.62. The van der Waals surface area contributed by atoms with E-state index in [4.69, 9.17) is 12.2 Å². The molecule has 0 saturated carbocycles. The Hall–Kier alpha value is -1.98. The molecule has 0 aliphatic carbocycles. The van der Waals surface area contributed by atoms with Crippen molar-refractivity contribution in [3.8, 4) is 0 Å². The zero-order chi connectivity index (χ0) is 16.8. The van der Waals surface area contributed by atoms with Crippen LogP contribution < -0.4 is 10.6 Å². The fraction of sp³-hybridized carbons (Fsp3) is 0.316. The third-order valence-electron chi connectivity index (χ3n) is 4.15. The van der Waals surface area contributed by atoms with E-state index in [0.717, 1.165) is 12.2 Å². The highest BCUT2D eigenvalue weighted by Crippen LogP contribution is 2.16. The van der Waals surface area contributed by atoms with Crippen LogP contribution >= 0.6 is 12.2 Å². The summed E-state index contributed by atoms with van der Waals surface area (Å²) in [5, 5.41) is 6.56. The Labute approximate surface area is 147 Å². The number of anilines is 2. The zero-order valence-electron chi connectivity index (χ0n) is 13.6. The summed E-state index contributed by atoms with van der Waals surface area (Å²) in [5.74, 6) is -0.287. The Morgan fingerprint density at radius 1 is 0.958 bits per heavy atom. The highest BCUT2D eigenvalue weighted by Gasteiger charge is 2.10. The molecule has 3 rings (SSSR count). The van der Waals surface area contributed by atoms with E-state index in [1.807, 2.05) is 12.1 Å². The lowest BCUT2D eigenvalue weighted by Crippen LogP contribution is -2.29. The van der Waals surface area contributed by atoms with Gasteiger partial charge in [-0.05, 0) is 74.0 Å². The van der Waals surface area contributed by atoms with E-state index < -0.39 is 0 Å². The molecule has 2 aromatic rings. The van der Waals surface area contributed by atoms with Crippen LogP contribution in [0.2, 0.25) is 0 Å². The molecule has 1 aliphatic rings. The van der Waals surface area contributed by atoms with Gasteiger partial charge in [0.2, 0.25) is 0 Å². The van der Waals surface area contributed by atoms with Crippen molar-refractivity contribution in [3.63, 3.8) is 0 Å². The number of rotatable bonds is 4. The molecule has 0 bridgehead atoms. The molecule has 3 nitrogen and oxygen atoms in total. The van der Waals surface area contributed by atoms with Crippen molar-refractivity contribution in [3.05, 3.63) is 59.9 Å². The van der Waals surface area contributed by atoms with Crippen molar-refractivity contribution in [2.75, 3.05) is 23.7 Å². The average molecular weight is 343 g/mol. The fourth-order valence-electron chi connectivity index (χ4n) is 2.93. The highest BCUT2D eigenvalue weighted by atomic mass is 32.1. The number of benzene rings is 2. The second-order valence-electron chi connectivity index (χ2n) is 6.12. The van der Waals surface area contributed by atoms with Gasteiger partial charge < -0.3 is 10.6 Å². The topological polar surface area (TPSA) is 27.3 Å². The molecular weight excluding hydrogens is 321 g/mol. The molecule has 0 spiro atoms. The molecular formula is C19H22FN3S. The van der Waals surface area contributed by atoms with Crippen LogP contribution in [0.4, 0.5) is 15.8 Å². The molecule has 0 unspecified atom stereocenters. The Bertz CT molecular complexity index is 681. The van der Waals surface area contributed by atoms with Crippen LogP contribution in [-0.4, -0.2) is 23.1 Å². The fourth-order valence-corrected chi connectivity index (χ4v) is 3.16. The van der Waals surface area contributed by atoms with Crippen LogP contribution in [0.15, 0.2) is 48.5 Å². The molecule has 1 fully saturated rings. The quantitative estimate of drug-likeness (QED) is 0.792. The van der Waals surface area contributed by atoms with Gasteiger partial charge in [-0.25, -0.2) is 4.39 Å². The minimum Gasteiger partial charge on any atom is -0.332 e. The van der Waals surface area contributed by atoms with Gasteiger partial charge in [-0.2, -0.15) is 0 Å². The lowest BCUT2D eigenvalue weighted by molar-refractivity contribution is 0.221. The summed E-state index contributed by atoms with van der Waals surface area (Å²) in [6, 6.07) is 14.5. The second-order valence-corrected chi connectivity index (χ2v) is 6.53. The largest absolute Gasteiger partial charge is 0.332 e. The maximum Gasteiger partial charge on any atom is 0.175 e. The molecule has 126 valence electrons. The number of thiocarbonyl (C=S) groups is 1. The molecule has 1 aliphatic heterocycles. The molecule has 2 aromatic carbocycles. The van der Waals surface area contributed by atoms with E-state index in [1.54, 1.807) is 12.1 Å². The molecule has 0 aromatic heterocycles. The van der Waals surface area contributed by atoms with E-state index in [1.165, 1.54) is 50.0 Å². The first-order chi connectivity index (χ1) is 11.7. The summed E-state index contributed by atoms with van der Waals surface area (Å²) < 4.78 is 13.2. The second kappa shape index (κ2) is 8.22. The van der Waals surface area contributed by atoms with Crippen LogP contribution in [0.1, 0.15) is 24.8 Å². The van der Waals surface area contributed by atoms with Gasteiger partial charge >= 0.3 is 0 Å². The summed E-state index contributed by atoms with van der Waals surface area (Å²) in [5.41, 5.74) is 2.87. The van der Waals surface area contributed by atoms with Crippen molar-refractivity contribution in [2.45, 2.75) is 25.8 Å². The number of halogens is 1. The van der Waals surface area contributed by atoms with Crippen LogP contribution in [0.3, 0.4) is 0 Å². The maximum atomic E-state index is 13.2. The predicted molar refractivity (Wildman–Crippen MR) is 102 cm³/mol. The number of nitrogens with zero attached hydrogens (tertiary/aromatic N) is 1. The smallest absolute Gasteiger partial charge is 0.175 e. The van der Waals surface area contributed by atoms with Gasteiger partial charge in [-0.1, -0.05) is 24.6 Å². The standard InChI is InChI=1S/C19H22FN3S/c20-16-5-4-6-18(13-16)22-19(24)21-17-9-7-15(8-10-17)14-23-11-2-1-3-12-23/h4-10,13H,1-3,11-12,14H2,(H2,21,22,24). The van der Waals surface area contributed by atoms with E-state index in [0.29, 0.717) is 10.8 Å². The monoisotopic (exact) mass is 343 g/mol. The average Bonchev–Trinajstić information content (AvgIpc) is 2.57. The normalized spacial score (nSPS) is 15.0. The van der Waals surface area contributed by atoms with E-state index in [2.05, 4.69) is 27.7 Å². The Morgan fingerprint density at radius 2 is 1.67 bits per heavy atom. The van der Waals surface area contributed by atoms with E-state index in [9.17, 15) is 4.39 Å². The van der Waals surface area contributed by atoms with Crippen LogP contribution in [0, 0.1) is 5.82 Å². The molecule has 24 heavy (non-hydrogen) atoms. The summed E-state index contributed by atoms with van der Waals surface area (Å²) in [4.78, 5) is 2.50. The Balaban J connectivity index is 1.52. The van der Waals surface area contributed by atoms with Gasteiger partial charge in [0.15, 0.2) is 5.11 Å². The van der Waals surface area contributed by atoms with Gasteiger partial charge in [0.05, 0.1) is 0 Å². The van der Waals surface area contributed by atoms with Crippen LogP contribution in [0.25, 0.3) is 0 Å². The zero-order valence-corrected chi connectivity index (χ0v) is 14.4. The van der Waals surface area contributed by atoms with Gasteiger partial charge in [0.1, 0.15) is 5.82 Å². The molecule has 0 radical (unpaired) electrons. The highest BCUT2D eigenvalue weighted by molar-refractivity contribution is 7.80. The maximum absolute atomic E-state index is 13.2. The third-order valence-corrected chi connectivity index (χ3v) is 4.35. The molecule has 5 heteroatoms. The molecule has 0 amide bonds. The Morgan fingerprint density at radius 3 is 2.38 bits per heavy atom. The minimum atomic E-state index is -0.287. The van der Waals surface area contributed by atoms with Crippen molar-refractivity contribution in [1.82, 2.24) is 4.90 Å². The van der Waals surface area contributed by atoms with Gasteiger partial charge in [0.25, 0.3) is 0 Å². The summed E-state index contributed by atoms with van der Waals surface area (Å²) in [7, 11) is 0. The van der Waals surface area contributed by atoms with Crippen molar-refractivity contribution in [1.29, 1.82) is 0 Å². The number of hydrogen-bond donors (Lipinski definition) is 2. The SMILES string of the molecule is Fc1cccc(NC(=S)Nc2ccc(CN3CCCCC3)cc2)c1. The number of piperidine rings is 1.